The maximum atomic E-state index is 12.6. The smallest absolute Gasteiger partial charge is 0.236 e. The molecule has 2 saturated heterocycles. The molecule has 1 aromatic rings. The number of likely N-dealkylation sites (tertiary alicyclic amines) is 2. The molecule has 1 N–H and O–H groups in total. The van der Waals surface area contributed by atoms with Crippen molar-refractivity contribution in [3.05, 3.63) is 23.7 Å². The quantitative estimate of drug-likeness (QED) is 0.808. The Bertz CT molecular complexity index is 574. The third kappa shape index (κ3) is 4.63. The predicted molar refractivity (Wildman–Crippen MR) is 96.2 cm³/mol. The molecule has 6 heteroatoms. The number of carbonyl (C=O) groups excluding carboxylic acids is 1. The van der Waals surface area contributed by atoms with Crippen LogP contribution in [0.5, 0.6) is 0 Å². The van der Waals surface area contributed by atoms with E-state index >= 15 is 0 Å². The Labute approximate surface area is 150 Å². The van der Waals surface area contributed by atoms with Crippen LogP contribution in [0.25, 0.3) is 0 Å². The van der Waals surface area contributed by atoms with Crippen LogP contribution in [0.3, 0.4) is 0 Å². The van der Waals surface area contributed by atoms with Crippen LogP contribution >= 0.6 is 0 Å². The number of nitrogens with zero attached hydrogens (tertiary/aromatic N) is 3. The molecule has 3 heterocycles. The van der Waals surface area contributed by atoms with Crippen LogP contribution < -0.4 is 0 Å². The largest absolute Gasteiger partial charge is 0.464 e. The van der Waals surface area contributed by atoms with Crippen LogP contribution in [0.4, 0.5) is 0 Å². The van der Waals surface area contributed by atoms with Crippen molar-refractivity contribution in [1.29, 1.82) is 0 Å². The van der Waals surface area contributed by atoms with Gasteiger partial charge >= 0.3 is 0 Å². The summed E-state index contributed by atoms with van der Waals surface area (Å²) in [5, 5.41) is 9.51. The summed E-state index contributed by atoms with van der Waals surface area (Å²) < 4.78 is 5.57. The van der Waals surface area contributed by atoms with Gasteiger partial charge in [-0.2, -0.15) is 0 Å². The highest BCUT2D eigenvalue weighted by Gasteiger charge is 2.32. The van der Waals surface area contributed by atoms with Gasteiger partial charge in [0.1, 0.15) is 11.5 Å². The number of hydrogen-bond acceptors (Lipinski definition) is 5. The fraction of sp³-hybridized carbons (Fsp3) is 0.737. The van der Waals surface area contributed by atoms with Crippen LogP contribution in [0.1, 0.15) is 37.2 Å². The standard InChI is InChI=1S/C19H31N3O3/c1-15-7-8-18(25-15)12-20(2)19(24)13-22-10-3-5-16(22)11-21-9-4-6-17(21)14-23/h7-8,16-17,23H,3-6,9-14H2,1-2H3. The lowest BCUT2D eigenvalue weighted by atomic mass is 10.2. The van der Waals surface area contributed by atoms with Gasteiger partial charge in [-0.05, 0) is 57.8 Å². The van der Waals surface area contributed by atoms with Gasteiger partial charge in [-0.15, -0.1) is 0 Å². The molecule has 1 aromatic heterocycles. The molecule has 6 nitrogen and oxygen atoms in total. The first-order valence-corrected chi connectivity index (χ1v) is 9.45. The number of carbonyl (C=O) groups is 1. The lowest BCUT2D eigenvalue weighted by Gasteiger charge is -2.31. The summed E-state index contributed by atoms with van der Waals surface area (Å²) >= 11 is 0. The Morgan fingerprint density at radius 3 is 2.64 bits per heavy atom. The molecule has 2 aliphatic rings. The molecule has 140 valence electrons. The first-order valence-electron chi connectivity index (χ1n) is 9.45. The second kappa shape index (κ2) is 8.34. The molecule has 2 atom stereocenters. The average molecular weight is 349 g/mol. The van der Waals surface area contributed by atoms with E-state index < -0.39 is 0 Å². The van der Waals surface area contributed by atoms with Crippen molar-refractivity contribution in [2.24, 2.45) is 0 Å². The second-order valence-electron chi connectivity index (χ2n) is 7.50. The Morgan fingerprint density at radius 1 is 1.24 bits per heavy atom. The molecule has 0 aromatic carbocycles. The van der Waals surface area contributed by atoms with Gasteiger partial charge in [0.2, 0.25) is 5.91 Å². The van der Waals surface area contributed by atoms with Gasteiger partial charge in [0, 0.05) is 25.7 Å². The Kier molecular flexibility index (Phi) is 6.15. The minimum atomic E-state index is 0.140. The van der Waals surface area contributed by atoms with E-state index in [0.717, 1.165) is 50.4 Å². The summed E-state index contributed by atoms with van der Waals surface area (Å²) in [6, 6.07) is 4.59. The Morgan fingerprint density at radius 2 is 1.96 bits per heavy atom. The highest BCUT2D eigenvalue weighted by Crippen LogP contribution is 2.23. The zero-order valence-electron chi connectivity index (χ0n) is 15.5. The first-order chi connectivity index (χ1) is 12.1. The second-order valence-corrected chi connectivity index (χ2v) is 7.50. The Balaban J connectivity index is 1.51. The summed E-state index contributed by atoms with van der Waals surface area (Å²) in [5.74, 6) is 1.84. The van der Waals surface area contributed by atoms with Crippen molar-refractivity contribution in [3.8, 4) is 0 Å². The topological polar surface area (TPSA) is 60.2 Å². The summed E-state index contributed by atoms with van der Waals surface area (Å²) in [6.07, 6.45) is 4.55. The number of aliphatic hydroxyl groups is 1. The highest BCUT2D eigenvalue weighted by atomic mass is 16.3. The van der Waals surface area contributed by atoms with Gasteiger partial charge in [-0.1, -0.05) is 0 Å². The molecule has 1 amide bonds. The van der Waals surface area contributed by atoms with Gasteiger partial charge in [-0.3, -0.25) is 14.6 Å². The third-order valence-electron chi connectivity index (χ3n) is 5.61. The van der Waals surface area contributed by atoms with Crippen molar-refractivity contribution < 1.29 is 14.3 Å². The summed E-state index contributed by atoms with van der Waals surface area (Å²) in [5.41, 5.74) is 0. The summed E-state index contributed by atoms with van der Waals surface area (Å²) in [7, 11) is 1.84. The number of likely N-dealkylation sites (N-methyl/N-ethyl adjacent to an activating group) is 1. The van der Waals surface area contributed by atoms with Crippen molar-refractivity contribution in [2.45, 2.75) is 51.2 Å². The summed E-state index contributed by atoms with van der Waals surface area (Å²) in [6.45, 7) is 6.18. The first kappa shape index (κ1) is 18.4. The van der Waals surface area contributed by atoms with Gasteiger partial charge < -0.3 is 14.4 Å². The zero-order valence-corrected chi connectivity index (χ0v) is 15.5. The maximum Gasteiger partial charge on any atom is 0.236 e. The van der Waals surface area contributed by atoms with Crippen LogP contribution in [0.15, 0.2) is 16.5 Å². The molecule has 2 unspecified atom stereocenters. The molecule has 2 fully saturated rings. The van der Waals surface area contributed by atoms with E-state index in [-0.39, 0.29) is 12.5 Å². The molecule has 25 heavy (non-hydrogen) atoms. The zero-order chi connectivity index (χ0) is 17.8. The monoisotopic (exact) mass is 349 g/mol. The molecule has 0 saturated carbocycles. The maximum absolute atomic E-state index is 12.6. The predicted octanol–water partition coefficient (Wildman–Crippen LogP) is 1.47. The fourth-order valence-corrected chi connectivity index (χ4v) is 4.11. The van der Waals surface area contributed by atoms with Crippen LogP contribution in [-0.2, 0) is 11.3 Å². The number of aliphatic hydroxyl groups excluding tert-OH is 1. The van der Waals surface area contributed by atoms with Crippen LogP contribution in [0.2, 0.25) is 0 Å². The lowest BCUT2D eigenvalue weighted by molar-refractivity contribution is -0.132. The molecule has 0 bridgehead atoms. The number of furan rings is 1. The van der Waals surface area contributed by atoms with Gasteiger partial charge in [0.05, 0.1) is 19.7 Å². The van der Waals surface area contributed by atoms with Gasteiger partial charge in [0.25, 0.3) is 0 Å². The number of rotatable bonds is 7. The van der Waals surface area contributed by atoms with Crippen molar-refractivity contribution in [3.63, 3.8) is 0 Å². The summed E-state index contributed by atoms with van der Waals surface area (Å²) in [4.78, 5) is 19.1. The molecule has 0 aliphatic carbocycles. The third-order valence-corrected chi connectivity index (χ3v) is 5.61. The van der Waals surface area contributed by atoms with E-state index in [0.29, 0.717) is 25.2 Å². The number of hydrogen-bond donors (Lipinski definition) is 1. The molecule has 2 aliphatic heterocycles. The SMILES string of the molecule is Cc1ccc(CN(C)C(=O)CN2CCCC2CN2CCCC2CO)o1. The molecular weight excluding hydrogens is 318 g/mol. The Hall–Kier alpha value is -1.37. The van der Waals surface area contributed by atoms with Crippen molar-refractivity contribution in [1.82, 2.24) is 14.7 Å². The lowest BCUT2D eigenvalue weighted by Crippen LogP contribution is -2.46. The fourth-order valence-electron chi connectivity index (χ4n) is 4.11. The highest BCUT2D eigenvalue weighted by molar-refractivity contribution is 5.78. The number of amides is 1. The van der Waals surface area contributed by atoms with E-state index in [1.54, 1.807) is 4.90 Å². The van der Waals surface area contributed by atoms with E-state index in [1.165, 1.54) is 6.42 Å². The van der Waals surface area contributed by atoms with Gasteiger partial charge in [0.15, 0.2) is 0 Å². The van der Waals surface area contributed by atoms with Crippen LogP contribution in [0, 0.1) is 6.92 Å². The average Bonchev–Trinajstić information content (AvgIpc) is 3.30. The molecular formula is C19H31N3O3. The minimum absolute atomic E-state index is 0.140. The molecule has 0 radical (unpaired) electrons. The minimum Gasteiger partial charge on any atom is -0.464 e. The van der Waals surface area contributed by atoms with Crippen molar-refractivity contribution in [2.75, 3.05) is 39.8 Å². The number of aryl methyl sites for hydroxylation is 1. The van der Waals surface area contributed by atoms with E-state index in [4.69, 9.17) is 4.42 Å². The van der Waals surface area contributed by atoms with Crippen molar-refractivity contribution >= 4 is 5.91 Å². The normalized spacial score (nSPS) is 24.9. The van der Waals surface area contributed by atoms with Gasteiger partial charge in [-0.25, -0.2) is 0 Å². The molecule has 3 rings (SSSR count). The van der Waals surface area contributed by atoms with E-state index in [9.17, 15) is 9.90 Å². The van der Waals surface area contributed by atoms with E-state index in [1.807, 2.05) is 26.1 Å². The van der Waals surface area contributed by atoms with E-state index in [2.05, 4.69) is 9.80 Å². The van der Waals surface area contributed by atoms with Crippen LogP contribution in [-0.4, -0.2) is 77.6 Å². The molecule has 0 spiro atoms.